The Balaban J connectivity index is 1.65. The van der Waals surface area contributed by atoms with Gasteiger partial charge < -0.3 is 10.2 Å². The molecule has 0 aromatic heterocycles. The summed E-state index contributed by atoms with van der Waals surface area (Å²) < 4.78 is 39.2. The standard InChI is InChI=1S/C17H21F3N2O/c18-17(19,20)15-8-4-1-5-12(15)10-22-11-14(9-16(22)23)21-13-6-2-3-7-13/h1,4-5,8,13-14,21H,2-3,6-7,9-11H2/t14-/m0/s1. The van der Waals surface area contributed by atoms with Crippen LogP contribution >= 0.6 is 0 Å². The normalized spacial score (nSPS) is 23.0. The summed E-state index contributed by atoms with van der Waals surface area (Å²) in [6, 6.07) is 6.00. The van der Waals surface area contributed by atoms with Crippen molar-refractivity contribution in [2.24, 2.45) is 0 Å². The Morgan fingerprint density at radius 3 is 2.52 bits per heavy atom. The second kappa shape index (κ2) is 6.51. The Bertz CT molecular complexity index is 567. The molecule has 6 heteroatoms. The highest BCUT2D eigenvalue weighted by Crippen LogP contribution is 2.33. The lowest BCUT2D eigenvalue weighted by Crippen LogP contribution is -2.38. The van der Waals surface area contributed by atoms with E-state index in [0.29, 0.717) is 19.0 Å². The van der Waals surface area contributed by atoms with E-state index in [1.54, 1.807) is 6.07 Å². The maximum absolute atomic E-state index is 13.1. The van der Waals surface area contributed by atoms with Crippen molar-refractivity contribution in [1.82, 2.24) is 10.2 Å². The molecular formula is C17H21F3N2O. The smallest absolute Gasteiger partial charge is 0.337 e. The summed E-state index contributed by atoms with van der Waals surface area (Å²) in [6.45, 7) is 0.513. The number of rotatable bonds is 4. The van der Waals surface area contributed by atoms with Crippen molar-refractivity contribution in [1.29, 1.82) is 0 Å². The average Bonchev–Trinajstić information content (AvgIpc) is 3.09. The molecule has 126 valence electrons. The first-order chi connectivity index (χ1) is 10.9. The lowest BCUT2D eigenvalue weighted by molar-refractivity contribution is -0.139. The molecule has 1 N–H and O–H groups in total. The Morgan fingerprint density at radius 1 is 1.13 bits per heavy atom. The number of carbonyl (C=O) groups is 1. The Kier molecular flexibility index (Phi) is 4.62. The van der Waals surface area contributed by atoms with E-state index in [-0.39, 0.29) is 24.1 Å². The lowest BCUT2D eigenvalue weighted by Gasteiger charge is -2.21. The van der Waals surface area contributed by atoms with Gasteiger partial charge in [0.1, 0.15) is 0 Å². The predicted octanol–water partition coefficient (Wildman–Crippen LogP) is 3.34. The van der Waals surface area contributed by atoms with E-state index < -0.39 is 11.7 Å². The molecule has 2 fully saturated rings. The third kappa shape index (κ3) is 3.86. The molecule has 1 aliphatic heterocycles. The molecule has 1 aromatic rings. The van der Waals surface area contributed by atoms with Crippen molar-refractivity contribution < 1.29 is 18.0 Å². The number of carbonyl (C=O) groups excluding carboxylic acids is 1. The quantitative estimate of drug-likeness (QED) is 0.920. The fourth-order valence-electron chi connectivity index (χ4n) is 3.60. The van der Waals surface area contributed by atoms with Gasteiger partial charge in [-0.1, -0.05) is 31.0 Å². The van der Waals surface area contributed by atoms with Crippen molar-refractivity contribution >= 4 is 5.91 Å². The number of amides is 1. The minimum atomic E-state index is -4.39. The van der Waals surface area contributed by atoms with Crippen LogP contribution in [0.25, 0.3) is 0 Å². The van der Waals surface area contributed by atoms with E-state index in [4.69, 9.17) is 0 Å². The molecule has 0 spiro atoms. The van der Waals surface area contributed by atoms with Gasteiger partial charge in [0.25, 0.3) is 0 Å². The molecule has 2 aliphatic rings. The Labute approximate surface area is 133 Å². The highest BCUT2D eigenvalue weighted by atomic mass is 19.4. The number of nitrogens with one attached hydrogen (secondary N) is 1. The summed E-state index contributed by atoms with van der Waals surface area (Å²) in [5.41, 5.74) is -0.491. The Hall–Kier alpha value is -1.56. The van der Waals surface area contributed by atoms with Gasteiger partial charge in [-0.05, 0) is 24.5 Å². The van der Waals surface area contributed by atoms with Gasteiger partial charge in [0.2, 0.25) is 5.91 Å². The van der Waals surface area contributed by atoms with Gasteiger partial charge in [0.15, 0.2) is 0 Å². The van der Waals surface area contributed by atoms with Gasteiger partial charge in [0.05, 0.1) is 5.56 Å². The second-order valence-electron chi connectivity index (χ2n) is 6.48. The summed E-state index contributed by atoms with van der Waals surface area (Å²) in [5.74, 6) is -0.0718. The molecule has 0 unspecified atom stereocenters. The average molecular weight is 326 g/mol. The van der Waals surface area contributed by atoms with Crippen LogP contribution in [0.1, 0.15) is 43.2 Å². The third-order valence-electron chi connectivity index (χ3n) is 4.73. The largest absolute Gasteiger partial charge is 0.416 e. The van der Waals surface area contributed by atoms with Gasteiger partial charge in [-0.25, -0.2) is 0 Å². The van der Waals surface area contributed by atoms with E-state index >= 15 is 0 Å². The SMILES string of the molecule is O=C1C[C@H](NC2CCCC2)CN1Cc1ccccc1C(F)(F)F. The zero-order valence-corrected chi connectivity index (χ0v) is 12.9. The molecule has 1 saturated heterocycles. The number of likely N-dealkylation sites (tertiary alicyclic amines) is 1. The maximum atomic E-state index is 13.1. The molecule has 1 amide bonds. The van der Waals surface area contributed by atoms with Crippen LogP contribution in [0.2, 0.25) is 0 Å². The zero-order valence-electron chi connectivity index (χ0n) is 12.9. The minimum absolute atomic E-state index is 0.0252. The van der Waals surface area contributed by atoms with Crippen molar-refractivity contribution in [2.45, 2.75) is 56.9 Å². The summed E-state index contributed by atoms with van der Waals surface area (Å²) in [5, 5.41) is 3.48. The van der Waals surface area contributed by atoms with Crippen LogP contribution in [0.3, 0.4) is 0 Å². The van der Waals surface area contributed by atoms with Crippen LogP contribution in [0.15, 0.2) is 24.3 Å². The van der Waals surface area contributed by atoms with E-state index in [1.165, 1.54) is 29.9 Å². The van der Waals surface area contributed by atoms with Crippen molar-refractivity contribution in [3.63, 3.8) is 0 Å². The van der Waals surface area contributed by atoms with Crippen molar-refractivity contribution in [2.75, 3.05) is 6.54 Å². The fraction of sp³-hybridized carbons (Fsp3) is 0.588. The molecule has 3 rings (SSSR count). The zero-order chi connectivity index (χ0) is 16.4. The highest BCUT2D eigenvalue weighted by molar-refractivity contribution is 5.79. The maximum Gasteiger partial charge on any atom is 0.416 e. The van der Waals surface area contributed by atoms with Crippen LogP contribution in [-0.2, 0) is 17.5 Å². The summed E-state index contributed by atoms with van der Waals surface area (Å²) in [7, 11) is 0. The molecule has 0 bridgehead atoms. The molecule has 1 aromatic carbocycles. The summed E-state index contributed by atoms with van der Waals surface area (Å²) in [6.07, 6.45) is 0.663. The number of halogens is 3. The van der Waals surface area contributed by atoms with E-state index in [0.717, 1.165) is 18.9 Å². The van der Waals surface area contributed by atoms with Gasteiger partial charge in [-0.15, -0.1) is 0 Å². The lowest BCUT2D eigenvalue weighted by atomic mass is 10.1. The predicted molar refractivity (Wildman–Crippen MR) is 80.7 cm³/mol. The molecule has 3 nitrogen and oxygen atoms in total. The minimum Gasteiger partial charge on any atom is -0.337 e. The van der Waals surface area contributed by atoms with Crippen molar-refractivity contribution in [3.8, 4) is 0 Å². The number of nitrogens with zero attached hydrogens (tertiary/aromatic N) is 1. The number of benzene rings is 1. The molecule has 0 radical (unpaired) electrons. The van der Waals surface area contributed by atoms with Crippen LogP contribution < -0.4 is 5.32 Å². The molecular weight excluding hydrogens is 305 g/mol. The van der Waals surface area contributed by atoms with Crippen molar-refractivity contribution in [3.05, 3.63) is 35.4 Å². The first-order valence-corrected chi connectivity index (χ1v) is 8.12. The number of hydrogen-bond acceptors (Lipinski definition) is 2. The Morgan fingerprint density at radius 2 is 1.83 bits per heavy atom. The summed E-state index contributed by atoms with van der Waals surface area (Å²) >= 11 is 0. The molecule has 1 heterocycles. The highest BCUT2D eigenvalue weighted by Gasteiger charge is 2.36. The van der Waals surface area contributed by atoms with Crippen LogP contribution in [0.5, 0.6) is 0 Å². The van der Waals surface area contributed by atoms with Crippen LogP contribution in [0, 0.1) is 0 Å². The first kappa shape index (κ1) is 16.3. The van der Waals surface area contributed by atoms with Crippen LogP contribution in [0.4, 0.5) is 13.2 Å². The van der Waals surface area contributed by atoms with Gasteiger partial charge in [-0.2, -0.15) is 13.2 Å². The number of hydrogen-bond donors (Lipinski definition) is 1. The third-order valence-corrected chi connectivity index (χ3v) is 4.73. The fourth-order valence-corrected chi connectivity index (χ4v) is 3.60. The molecule has 1 atom stereocenters. The van der Waals surface area contributed by atoms with Crippen LogP contribution in [-0.4, -0.2) is 29.4 Å². The summed E-state index contributed by atoms with van der Waals surface area (Å²) in [4.78, 5) is 13.7. The molecule has 23 heavy (non-hydrogen) atoms. The first-order valence-electron chi connectivity index (χ1n) is 8.12. The van der Waals surface area contributed by atoms with E-state index in [2.05, 4.69) is 5.32 Å². The molecule has 1 aliphatic carbocycles. The van der Waals surface area contributed by atoms with Gasteiger partial charge in [-0.3, -0.25) is 4.79 Å². The van der Waals surface area contributed by atoms with E-state index in [9.17, 15) is 18.0 Å². The second-order valence-corrected chi connectivity index (χ2v) is 6.48. The monoisotopic (exact) mass is 326 g/mol. The van der Waals surface area contributed by atoms with Gasteiger partial charge in [0, 0.05) is 31.6 Å². The number of alkyl halides is 3. The topological polar surface area (TPSA) is 32.3 Å². The van der Waals surface area contributed by atoms with Gasteiger partial charge >= 0.3 is 6.18 Å². The van der Waals surface area contributed by atoms with E-state index in [1.807, 2.05) is 0 Å². The molecule has 1 saturated carbocycles.